The monoisotopic (exact) mass is 700 g/mol. The predicted molar refractivity (Wildman–Crippen MR) is 223 cm³/mol. The number of nitrogens with zero attached hydrogens (tertiary/aromatic N) is 4. The topological polar surface area (TPSA) is 70.6 Å². The molecule has 8 aromatic carbocycles. The molecule has 0 aliphatic rings. The third kappa shape index (κ3) is 4.58. The number of benzene rings is 8. The quantitative estimate of drug-likeness (QED) is 0.183. The van der Waals surface area contributed by atoms with Gasteiger partial charge in [0.2, 0.25) is 0 Å². The summed E-state index contributed by atoms with van der Waals surface area (Å²) in [7, 11) is 0. The summed E-state index contributed by atoms with van der Waals surface area (Å²) in [5.41, 5.74) is 13.0. The van der Waals surface area contributed by atoms with E-state index in [-0.39, 0.29) is 0 Å². The summed E-state index contributed by atoms with van der Waals surface area (Å²) in [5, 5.41) is 26.5. The van der Waals surface area contributed by atoms with Crippen molar-refractivity contribution in [3.05, 3.63) is 181 Å². The van der Waals surface area contributed by atoms with Crippen LogP contribution in [0.5, 0.6) is 0 Å². The molecule has 0 saturated heterocycles. The lowest BCUT2D eigenvalue weighted by atomic mass is 9.94. The lowest BCUT2D eigenvalue weighted by molar-refractivity contribution is 0.673. The summed E-state index contributed by atoms with van der Waals surface area (Å²) >= 11 is 0. The zero-order valence-electron chi connectivity index (χ0n) is 29.4. The number of aromatic nitrogens is 2. The van der Waals surface area contributed by atoms with Gasteiger partial charge in [0.05, 0.1) is 56.4 Å². The van der Waals surface area contributed by atoms with Crippen LogP contribution in [0.1, 0.15) is 11.1 Å². The maximum Gasteiger partial charge on any atom is 0.145 e. The van der Waals surface area contributed by atoms with E-state index in [2.05, 4.69) is 143 Å². The van der Waals surface area contributed by atoms with Crippen molar-refractivity contribution in [2.24, 2.45) is 0 Å². The Bertz CT molecular complexity index is 3400. The molecule has 11 rings (SSSR count). The molecule has 0 spiro atoms. The molecule has 254 valence electrons. The van der Waals surface area contributed by atoms with Crippen LogP contribution < -0.4 is 0 Å². The number of para-hydroxylation sites is 4. The average molecular weight is 701 g/mol. The Kier molecular flexibility index (Phi) is 6.61. The minimum absolute atomic E-state index is 0.561. The number of fused-ring (bicyclic) bond motifs is 10. The predicted octanol–water partition coefficient (Wildman–Crippen LogP) is 12.9. The van der Waals surface area contributed by atoms with Gasteiger partial charge in [0.15, 0.2) is 0 Å². The van der Waals surface area contributed by atoms with Crippen molar-refractivity contribution in [2.75, 3.05) is 0 Å². The lowest BCUT2D eigenvalue weighted by Gasteiger charge is -2.18. The molecule has 3 aromatic heterocycles. The molecule has 0 fully saturated rings. The minimum Gasteiger partial charge on any atom is -0.455 e. The van der Waals surface area contributed by atoms with Crippen molar-refractivity contribution >= 4 is 65.6 Å². The van der Waals surface area contributed by atoms with Gasteiger partial charge >= 0.3 is 0 Å². The molecule has 11 aromatic rings. The lowest BCUT2D eigenvalue weighted by Crippen LogP contribution is -2.01. The summed E-state index contributed by atoms with van der Waals surface area (Å²) in [6.07, 6.45) is 0. The Labute approximate surface area is 315 Å². The van der Waals surface area contributed by atoms with Crippen molar-refractivity contribution in [3.63, 3.8) is 0 Å². The average Bonchev–Trinajstić information content (AvgIpc) is 3.91. The molecular formula is C50H28N4O. The normalized spacial score (nSPS) is 11.6. The van der Waals surface area contributed by atoms with E-state index >= 15 is 0 Å². The van der Waals surface area contributed by atoms with E-state index < -0.39 is 0 Å². The first-order chi connectivity index (χ1) is 27.2. The largest absolute Gasteiger partial charge is 0.455 e. The summed E-state index contributed by atoms with van der Waals surface area (Å²) < 4.78 is 11.3. The Morgan fingerprint density at radius 3 is 1.75 bits per heavy atom. The molecule has 3 heterocycles. The highest BCUT2D eigenvalue weighted by molar-refractivity contribution is 6.24. The third-order valence-corrected chi connectivity index (χ3v) is 11.0. The van der Waals surface area contributed by atoms with Crippen molar-refractivity contribution < 1.29 is 4.42 Å². The van der Waals surface area contributed by atoms with Crippen LogP contribution in [-0.4, -0.2) is 9.13 Å². The minimum atomic E-state index is 0.561. The Morgan fingerprint density at radius 2 is 1.04 bits per heavy atom. The van der Waals surface area contributed by atoms with E-state index in [1.807, 2.05) is 48.5 Å². The molecule has 0 aliphatic heterocycles. The zero-order valence-corrected chi connectivity index (χ0v) is 29.4. The molecule has 0 saturated carbocycles. The standard InChI is InChI=1S/C50H28N4O/c51-29-31-17-19-33(20-18-31)34-25-32(30-52)26-35(27-34)37-22-21-36(28-47(37)54-43-13-5-1-9-38(43)39-10-2-6-14-44(39)54)53-45-15-7-3-12-42(45)49-46(53)24-23-41-40-11-4-8-16-48(40)55-50(41)49/h1-28H. The first-order valence-electron chi connectivity index (χ1n) is 18.2. The van der Waals surface area contributed by atoms with Gasteiger partial charge in [-0.05, 0) is 95.6 Å². The molecule has 0 amide bonds. The summed E-state index contributed by atoms with van der Waals surface area (Å²) in [4.78, 5) is 0. The molecule has 0 aliphatic carbocycles. The van der Waals surface area contributed by atoms with E-state index in [0.717, 1.165) is 88.4 Å². The summed E-state index contributed by atoms with van der Waals surface area (Å²) in [5.74, 6) is 0. The van der Waals surface area contributed by atoms with Crippen LogP contribution >= 0.6 is 0 Å². The molecule has 0 unspecified atom stereocenters. The molecule has 0 bridgehead atoms. The van der Waals surface area contributed by atoms with Crippen molar-refractivity contribution in [1.82, 2.24) is 9.13 Å². The molecule has 5 nitrogen and oxygen atoms in total. The van der Waals surface area contributed by atoms with E-state index in [0.29, 0.717) is 11.1 Å². The highest BCUT2D eigenvalue weighted by atomic mass is 16.3. The molecule has 55 heavy (non-hydrogen) atoms. The fourth-order valence-corrected chi connectivity index (χ4v) is 8.53. The third-order valence-electron chi connectivity index (χ3n) is 11.0. The second-order valence-corrected chi connectivity index (χ2v) is 14.0. The van der Waals surface area contributed by atoms with Crippen molar-refractivity contribution in [3.8, 4) is 45.8 Å². The summed E-state index contributed by atoms with van der Waals surface area (Å²) in [6, 6.07) is 63.1. The van der Waals surface area contributed by atoms with Crippen LogP contribution in [0.4, 0.5) is 0 Å². The fourth-order valence-electron chi connectivity index (χ4n) is 8.53. The van der Waals surface area contributed by atoms with E-state index in [9.17, 15) is 10.5 Å². The van der Waals surface area contributed by atoms with Gasteiger partial charge in [-0.3, -0.25) is 0 Å². The smallest absolute Gasteiger partial charge is 0.145 e. The zero-order chi connectivity index (χ0) is 36.6. The van der Waals surface area contributed by atoms with E-state index in [1.165, 1.54) is 10.8 Å². The molecule has 0 radical (unpaired) electrons. The fraction of sp³-hybridized carbons (Fsp3) is 0. The molecule has 0 atom stereocenters. The molecule has 5 heteroatoms. The SMILES string of the molecule is N#Cc1ccc(-c2cc(C#N)cc(-c3ccc(-n4c5ccccc5c5c6oc7ccccc7c6ccc54)cc3-n3c4ccccc4c4ccccc43)c2)cc1. The summed E-state index contributed by atoms with van der Waals surface area (Å²) in [6.45, 7) is 0. The second kappa shape index (κ2) is 11.8. The van der Waals surface area contributed by atoms with E-state index in [4.69, 9.17) is 4.42 Å². The first-order valence-corrected chi connectivity index (χ1v) is 18.2. The highest BCUT2D eigenvalue weighted by Gasteiger charge is 2.21. The van der Waals surface area contributed by atoms with Gasteiger partial charge in [-0.25, -0.2) is 0 Å². The first kappa shape index (κ1) is 30.7. The van der Waals surface area contributed by atoms with Crippen molar-refractivity contribution in [1.29, 1.82) is 10.5 Å². The van der Waals surface area contributed by atoms with Gasteiger partial charge in [0, 0.05) is 38.2 Å². The number of hydrogen-bond donors (Lipinski definition) is 0. The maximum atomic E-state index is 10.3. The van der Waals surface area contributed by atoms with Gasteiger partial charge in [0.25, 0.3) is 0 Å². The Balaban J connectivity index is 1.23. The van der Waals surface area contributed by atoms with Crippen LogP contribution in [0.2, 0.25) is 0 Å². The van der Waals surface area contributed by atoms with Gasteiger partial charge in [-0.15, -0.1) is 0 Å². The second-order valence-electron chi connectivity index (χ2n) is 14.0. The van der Waals surface area contributed by atoms with Gasteiger partial charge in [-0.2, -0.15) is 10.5 Å². The maximum absolute atomic E-state index is 10.3. The number of rotatable bonds is 4. The van der Waals surface area contributed by atoms with Crippen LogP contribution in [0.15, 0.2) is 174 Å². The van der Waals surface area contributed by atoms with Crippen LogP contribution in [-0.2, 0) is 0 Å². The van der Waals surface area contributed by atoms with Crippen LogP contribution in [0.3, 0.4) is 0 Å². The number of nitriles is 2. The molecule has 0 N–H and O–H groups in total. The van der Waals surface area contributed by atoms with Crippen LogP contribution in [0.25, 0.3) is 99.2 Å². The van der Waals surface area contributed by atoms with Crippen molar-refractivity contribution in [2.45, 2.75) is 0 Å². The van der Waals surface area contributed by atoms with Gasteiger partial charge < -0.3 is 13.6 Å². The van der Waals surface area contributed by atoms with Gasteiger partial charge in [-0.1, -0.05) is 91.0 Å². The molecular weight excluding hydrogens is 673 g/mol. The van der Waals surface area contributed by atoms with E-state index in [1.54, 1.807) is 0 Å². The highest BCUT2D eigenvalue weighted by Crippen LogP contribution is 2.43. The Morgan fingerprint density at radius 1 is 0.418 bits per heavy atom. The van der Waals surface area contributed by atoms with Gasteiger partial charge in [0.1, 0.15) is 11.2 Å². The number of hydrogen-bond acceptors (Lipinski definition) is 3. The number of furan rings is 1. The van der Waals surface area contributed by atoms with Crippen LogP contribution in [0, 0.1) is 22.7 Å². The Hall–Kier alpha value is -7.86.